The maximum Gasteiger partial charge on any atom is 0.264 e. The van der Waals surface area contributed by atoms with Crippen LogP contribution in [0, 0.1) is 0 Å². The summed E-state index contributed by atoms with van der Waals surface area (Å²) in [5.41, 5.74) is 0.453. The highest BCUT2D eigenvalue weighted by Crippen LogP contribution is 2.50. The number of β-lactam (4-membered cyclic amide) rings is 1. The first-order valence-electron chi connectivity index (χ1n) is 10.8. The first-order chi connectivity index (χ1) is 18.0. The number of fused-ring (bicyclic) bond motifs is 1. The first-order valence-corrected chi connectivity index (χ1v) is 13.0. The second-order valence-electron chi connectivity index (χ2n) is 8.33. The van der Waals surface area contributed by atoms with Crippen molar-refractivity contribution < 1.29 is 23.9 Å². The second kappa shape index (κ2) is 9.97. The molecule has 0 aliphatic carbocycles. The Morgan fingerprint density at radius 2 is 1.16 bits per heavy atom. The van der Waals surface area contributed by atoms with Gasteiger partial charge in [0.05, 0.1) is 51.5 Å². The number of amides is 3. The van der Waals surface area contributed by atoms with Gasteiger partial charge in [-0.2, -0.15) is 0 Å². The number of hydrogen-bond donors (Lipinski definition) is 0. The Kier molecular flexibility index (Phi) is 7.14. The van der Waals surface area contributed by atoms with E-state index in [0.717, 1.165) is 4.90 Å². The van der Waals surface area contributed by atoms with Crippen LogP contribution in [0.2, 0.25) is 30.1 Å². The van der Waals surface area contributed by atoms with Crippen molar-refractivity contribution in [3.05, 3.63) is 83.2 Å². The van der Waals surface area contributed by atoms with Gasteiger partial charge in [-0.1, -0.05) is 75.7 Å². The Balaban J connectivity index is 1.67. The van der Waals surface area contributed by atoms with Crippen LogP contribution >= 0.6 is 69.6 Å². The predicted molar refractivity (Wildman–Crippen MR) is 147 cm³/mol. The minimum absolute atomic E-state index is 0.174. The molecule has 2 heterocycles. The maximum absolute atomic E-state index is 13.7. The van der Waals surface area contributed by atoms with Crippen LogP contribution in [0.5, 0.6) is 11.5 Å². The van der Waals surface area contributed by atoms with Crippen LogP contribution in [0.15, 0.2) is 36.4 Å². The molecule has 38 heavy (non-hydrogen) atoms. The lowest BCUT2D eigenvalue weighted by molar-refractivity contribution is -0.130. The van der Waals surface area contributed by atoms with Crippen molar-refractivity contribution in [3.63, 3.8) is 0 Å². The summed E-state index contributed by atoms with van der Waals surface area (Å²) in [6, 6.07) is 7.46. The molecule has 2 atom stereocenters. The standard InChI is InChI=1S/C25H14Cl6N2O5/c1-37-13-4-3-9(5-14(13)38-2)21-22(25(36)32(21)12-7-10(26)6-11(27)8-12)33-23(34)15-16(24(33)35)18(29)20(31)19(30)17(15)28/h3-8,21-22H,1-2H3/t21-,22+/m1/s1. The number of halogens is 6. The molecular weight excluding hydrogens is 621 g/mol. The fraction of sp³-hybridized carbons (Fsp3) is 0.160. The van der Waals surface area contributed by atoms with Crippen LogP contribution in [0.1, 0.15) is 32.3 Å². The predicted octanol–water partition coefficient (Wildman–Crippen LogP) is 7.38. The average Bonchev–Trinajstić information content (AvgIpc) is 3.13. The number of nitrogens with zero attached hydrogens (tertiary/aromatic N) is 2. The van der Waals surface area contributed by atoms with Crippen molar-refractivity contribution in [2.75, 3.05) is 19.1 Å². The summed E-state index contributed by atoms with van der Waals surface area (Å²) >= 11 is 37.3. The number of hydrogen-bond acceptors (Lipinski definition) is 5. The van der Waals surface area contributed by atoms with E-state index in [2.05, 4.69) is 0 Å². The molecule has 0 bridgehead atoms. The number of anilines is 1. The van der Waals surface area contributed by atoms with E-state index in [0.29, 0.717) is 32.8 Å². The highest BCUT2D eigenvalue weighted by atomic mass is 35.5. The molecule has 3 amide bonds. The van der Waals surface area contributed by atoms with Gasteiger partial charge in [0.1, 0.15) is 6.04 Å². The highest BCUT2D eigenvalue weighted by Gasteiger charge is 2.58. The van der Waals surface area contributed by atoms with E-state index in [4.69, 9.17) is 79.1 Å². The molecular formula is C25H14Cl6N2O5. The molecule has 196 valence electrons. The van der Waals surface area contributed by atoms with Crippen molar-refractivity contribution in [3.8, 4) is 11.5 Å². The van der Waals surface area contributed by atoms with Gasteiger partial charge in [0.15, 0.2) is 11.5 Å². The monoisotopic (exact) mass is 632 g/mol. The Labute approximate surface area is 246 Å². The van der Waals surface area contributed by atoms with E-state index in [1.807, 2.05) is 0 Å². The zero-order chi connectivity index (χ0) is 27.6. The van der Waals surface area contributed by atoms with E-state index in [9.17, 15) is 14.4 Å². The molecule has 0 spiro atoms. The zero-order valence-electron chi connectivity index (χ0n) is 19.3. The van der Waals surface area contributed by atoms with Gasteiger partial charge >= 0.3 is 0 Å². The molecule has 1 fully saturated rings. The van der Waals surface area contributed by atoms with Gasteiger partial charge in [-0.25, -0.2) is 0 Å². The molecule has 0 radical (unpaired) electrons. The minimum atomic E-state index is -1.28. The Hall–Kier alpha value is -2.39. The lowest BCUT2D eigenvalue weighted by atomic mass is 9.86. The van der Waals surface area contributed by atoms with Gasteiger partial charge in [-0.15, -0.1) is 0 Å². The van der Waals surface area contributed by atoms with E-state index in [-0.39, 0.29) is 31.2 Å². The average molecular weight is 635 g/mol. The van der Waals surface area contributed by atoms with E-state index in [1.54, 1.807) is 30.3 Å². The molecule has 5 rings (SSSR count). The van der Waals surface area contributed by atoms with Gasteiger partial charge in [0.25, 0.3) is 17.7 Å². The molecule has 1 saturated heterocycles. The van der Waals surface area contributed by atoms with Crippen LogP contribution in [0.3, 0.4) is 0 Å². The molecule has 3 aromatic rings. The molecule has 3 aromatic carbocycles. The number of benzene rings is 3. The summed E-state index contributed by atoms with van der Waals surface area (Å²) in [6.07, 6.45) is 0. The number of ether oxygens (including phenoxy) is 2. The Bertz CT molecular complexity index is 1490. The van der Waals surface area contributed by atoms with E-state index >= 15 is 0 Å². The summed E-state index contributed by atoms with van der Waals surface area (Å²) in [7, 11) is 2.94. The SMILES string of the molecule is COc1ccc([C@@H]2[C@H](N3C(=O)c4c(Cl)c(Cl)c(Cl)c(Cl)c4C3=O)C(=O)N2c2cc(Cl)cc(Cl)c2)cc1OC. The Morgan fingerprint density at radius 3 is 1.66 bits per heavy atom. The van der Waals surface area contributed by atoms with Gasteiger partial charge in [-0.05, 0) is 35.9 Å². The third-order valence-electron chi connectivity index (χ3n) is 6.35. The normalized spacial score (nSPS) is 18.6. The van der Waals surface area contributed by atoms with Gasteiger partial charge in [0, 0.05) is 15.7 Å². The molecule has 2 aliphatic heterocycles. The van der Waals surface area contributed by atoms with Crippen LogP contribution < -0.4 is 14.4 Å². The number of rotatable bonds is 5. The summed E-state index contributed by atoms with van der Waals surface area (Å²) in [4.78, 5) is 43.1. The molecule has 0 N–H and O–H groups in total. The molecule has 0 aromatic heterocycles. The second-order valence-corrected chi connectivity index (χ2v) is 10.7. The fourth-order valence-electron chi connectivity index (χ4n) is 4.68. The third-order valence-corrected chi connectivity index (χ3v) is 8.59. The molecule has 0 saturated carbocycles. The lowest BCUT2D eigenvalue weighted by Gasteiger charge is -2.49. The third kappa shape index (κ3) is 3.99. The minimum Gasteiger partial charge on any atom is -0.493 e. The molecule has 7 nitrogen and oxygen atoms in total. The van der Waals surface area contributed by atoms with Crippen molar-refractivity contribution in [2.24, 2.45) is 0 Å². The van der Waals surface area contributed by atoms with Crippen molar-refractivity contribution in [2.45, 2.75) is 12.1 Å². The summed E-state index contributed by atoms with van der Waals surface area (Å²) in [5.74, 6) is -1.41. The van der Waals surface area contributed by atoms with E-state index in [1.165, 1.54) is 25.2 Å². The number of carbonyl (C=O) groups is 3. The smallest absolute Gasteiger partial charge is 0.264 e. The molecule has 2 aliphatic rings. The van der Waals surface area contributed by atoms with Crippen LogP contribution in [-0.2, 0) is 4.79 Å². The Morgan fingerprint density at radius 1 is 0.632 bits per heavy atom. The van der Waals surface area contributed by atoms with E-state index < -0.39 is 29.8 Å². The van der Waals surface area contributed by atoms with Crippen molar-refractivity contribution in [1.82, 2.24) is 4.90 Å². The molecule has 0 unspecified atom stereocenters. The highest BCUT2D eigenvalue weighted by molar-refractivity contribution is 6.55. The fourth-order valence-corrected chi connectivity index (χ4v) is 6.21. The largest absolute Gasteiger partial charge is 0.493 e. The van der Waals surface area contributed by atoms with Crippen LogP contribution in [0.4, 0.5) is 5.69 Å². The quantitative estimate of drug-likeness (QED) is 0.127. The number of carbonyl (C=O) groups excluding carboxylic acids is 3. The zero-order valence-corrected chi connectivity index (χ0v) is 23.9. The summed E-state index contributed by atoms with van der Waals surface area (Å²) < 4.78 is 10.8. The van der Waals surface area contributed by atoms with Crippen LogP contribution in [-0.4, -0.2) is 42.9 Å². The maximum atomic E-state index is 13.7. The summed E-state index contributed by atoms with van der Waals surface area (Å²) in [5, 5.41) is -0.232. The lowest BCUT2D eigenvalue weighted by Crippen LogP contribution is -2.67. The van der Waals surface area contributed by atoms with Crippen LogP contribution in [0.25, 0.3) is 0 Å². The summed E-state index contributed by atoms with van der Waals surface area (Å²) in [6.45, 7) is 0. The van der Waals surface area contributed by atoms with Crippen molar-refractivity contribution in [1.29, 1.82) is 0 Å². The first kappa shape index (κ1) is 27.2. The molecule has 13 heteroatoms. The topological polar surface area (TPSA) is 76.2 Å². The van der Waals surface area contributed by atoms with Gasteiger partial charge in [0.2, 0.25) is 0 Å². The number of methoxy groups -OCH3 is 2. The number of imide groups is 1. The van der Waals surface area contributed by atoms with Gasteiger partial charge < -0.3 is 14.4 Å². The van der Waals surface area contributed by atoms with Crippen molar-refractivity contribution >= 4 is 93.0 Å². The van der Waals surface area contributed by atoms with Gasteiger partial charge in [-0.3, -0.25) is 19.3 Å².